The van der Waals surface area contributed by atoms with Gasteiger partial charge in [-0.2, -0.15) is 13.2 Å². The molecular weight excluding hydrogens is 281 g/mol. The van der Waals surface area contributed by atoms with Crippen LogP contribution in [0.2, 0.25) is 0 Å². The standard InChI is InChI=1S/C15H15F3N2O/c1-21-14-8-12(5-6-20-14)10-19-9-11-3-2-4-13(7-11)15(16,17)18/h2-8,19H,9-10H2,1H3. The maximum absolute atomic E-state index is 12.6. The Morgan fingerprint density at radius 2 is 1.81 bits per heavy atom. The van der Waals surface area contributed by atoms with Gasteiger partial charge in [0.15, 0.2) is 0 Å². The fraction of sp³-hybridized carbons (Fsp3) is 0.267. The van der Waals surface area contributed by atoms with Crippen LogP contribution >= 0.6 is 0 Å². The summed E-state index contributed by atoms with van der Waals surface area (Å²) in [5.74, 6) is 0.508. The van der Waals surface area contributed by atoms with Crippen LogP contribution in [0.5, 0.6) is 5.88 Å². The number of nitrogens with one attached hydrogen (secondary N) is 1. The minimum Gasteiger partial charge on any atom is -0.481 e. The van der Waals surface area contributed by atoms with E-state index in [1.165, 1.54) is 13.2 Å². The van der Waals surface area contributed by atoms with E-state index in [-0.39, 0.29) is 0 Å². The van der Waals surface area contributed by atoms with Gasteiger partial charge in [-0.15, -0.1) is 0 Å². The number of halogens is 3. The lowest BCUT2D eigenvalue weighted by molar-refractivity contribution is -0.137. The number of benzene rings is 1. The van der Waals surface area contributed by atoms with Crippen LogP contribution in [0.1, 0.15) is 16.7 Å². The molecule has 1 aromatic heterocycles. The van der Waals surface area contributed by atoms with Gasteiger partial charge in [-0.1, -0.05) is 18.2 Å². The molecule has 0 unspecified atom stereocenters. The van der Waals surface area contributed by atoms with Crippen molar-refractivity contribution in [1.29, 1.82) is 0 Å². The molecule has 0 aliphatic heterocycles. The summed E-state index contributed by atoms with van der Waals surface area (Å²) in [6.45, 7) is 0.879. The number of nitrogens with zero attached hydrogens (tertiary/aromatic N) is 1. The summed E-state index contributed by atoms with van der Waals surface area (Å²) in [5, 5.41) is 3.10. The predicted octanol–water partition coefficient (Wildman–Crippen LogP) is 3.40. The Morgan fingerprint density at radius 3 is 2.48 bits per heavy atom. The summed E-state index contributed by atoms with van der Waals surface area (Å²) in [6, 6.07) is 8.89. The summed E-state index contributed by atoms with van der Waals surface area (Å²) >= 11 is 0. The van der Waals surface area contributed by atoms with Crippen LogP contribution in [0, 0.1) is 0 Å². The average molecular weight is 296 g/mol. The van der Waals surface area contributed by atoms with Crippen LogP contribution in [-0.4, -0.2) is 12.1 Å². The number of aromatic nitrogens is 1. The quantitative estimate of drug-likeness (QED) is 0.918. The Bertz CT molecular complexity index is 599. The zero-order valence-corrected chi connectivity index (χ0v) is 11.4. The Labute approximate surface area is 120 Å². The molecule has 0 saturated carbocycles. The van der Waals surface area contributed by atoms with Crippen molar-refractivity contribution in [3.63, 3.8) is 0 Å². The van der Waals surface area contributed by atoms with Crippen LogP contribution in [-0.2, 0) is 19.3 Å². The van der Waals surface area contributed by atoms with Gasteiger partial charge in [0.25, 0.3) is 0 Å². The molecule has 0 radical (unpaired) electrons. The third-order valence-corrected chi connectivity index (χ3v) is 2.92. The second kappa shape index (κ2) is 6.58. The van der Waals surface area contributed by atoms with Gasteiger partial charge in [0.05, 0.1) is 12.7 Å². The molecule has 1 aromatic carbocycles. The van der Waals surface area contributed by atoms with Gasteiger partial charge >= 0.3 is 6.18 Å². The zero-order valence-electron chi connectivity index (χ0n) is 11.4. The second-order valence-electron chi connectivity index (χ2n) is 4.51. The second-order valence-corrected chi connectivity index (χ2v) is 4.51. The predicted molar refractivity (Wildman–Crippen MR) is 72.8 cm³/mol. The van der Waals surface area contributed by atoms with E-state index in [2.05, 4.69) is 10.3 Å². The average Bonchev–Trinajstić information content (AvgIpc) is 2.47. The molecule has 2 aromatic rings. The smallest absolute Gasteiger partial charge is 0.416 e. The fourth-order valence-corrected chi connectivity index (χ4v) is 1.88. The number of hydrogen-bond acceptors (Lipinski definition) is 3. The van der Waals surface area contributed by atoms with Gasteiger partial charge in [0.2, 0.25) is 5.88 Å². The van der Waals surface area contributed by atoms with Gasteiger partial charge in [0.1, 0.15) is 0 Å². The lowest BCUT2D eigenvalue weighted by Crippen LogP contribution is -2.14. The van der Waals surface area contributed by atoms with Crippen molar-refractivity contribution in [2.45, 2.75) is 19.3 Å². The van der Waals surface area contributed by atoms with Gasteiger partial charge in [-0.25, -0.2) is 4.98 Å². The molecule has 112 valence electrons. The SMILES string of the molecule is COc1cc(CNCc2cccc(C(F)(F)F)c2)ccn1. The summed E-state index contributed by atoms with van der Waals surface area (Å²) in [7, 11) is 1.53. The van der Waals surface area contributed by atoms with Gasteiger partial charge in [0, 0.05) is 25.4 Å². The molecule has 21 heavy (non-hydrogen) atoms. The molecule has 0 amide bonds. The number of ether oxygens (including phenoxy) is 1. The first-order valence-electron chi connectivity index (χ1n) is 6.35. The van der Waals surface area contributed by atoms with E-state index in [4.69, 9.17) is 4.74 Å². The Kier molecular flexibility index (Phi) is 4.80. The summed E-state index contributed by atoms with van der Waals surface area (Å²) < 4.78 is 42.8. The summed E-state index contributed by atoms with van der Waals surface area (Å²) in [5.41, 5.74) is 0.909. The Hall–Kier alpha value is -2.08. The molecule has 0 aliphatic rings. The van der Waals surface area contributed by atoms with Crippen LogP contribution in [0.3, 0.4) is 0 Å². The number of pyridine rings is 1. The summed E-state index contributed by atoms with van der Waals surface area (Å²) in [6.07, 6.45) is -2.69. The molecule has 0 saturated heterocycles. The van der Waals surface area contributed by atoms with Crippen molar-refractivity contribution in [3.8, 4) is 5.88 Å². The summed E-state index contributed by atoms with van der Waals surface area (Å²) in [4.78, 5) is 3.99. The molecule has 1 N–H and O–H groups in total. The number of rotatable bonds is 5. The van der Waals surface area contributed by atoms with E-state index in [1.807, 2.05) is 6.07 Å². The highest BCUT2D eigenvalue weighted by molar-refractivity contribution is 5.26. The molecule has 0 aliphatic carbocycles. The molecule has 1 heterocycles. The van der Waals surface area contributed by atoms with Crippen molar-refractivity contribution >= 4 is 0 Å². The highest BCUT2D eigenvalue weighted by Gasteiger charge is 2.30. The molecule has 0 bridgehead atoms. The van der Waals surface area contributed by atoms with Crippen molar-refractivity contribution in [2.24, 2.45) is 0 Å². The van der Waals surface area contributed by atoms with Crippen LogP contribution in [0.4, 0.5) is 13.2 Å². The third kappa shape index (κ3) is 4.46. The first kappa shape index (κ1) is 15.3. The van der Waals surface area contributed by atoms with Gasteiger partial charge in [-0.3, -0.25) is 0 Å². The fourth-order valence-electron chi connectivity index (χ4n) is 1.88. The molecule has 0 fully saturated rings. The molecule has 3 nitrogen and oxygen atoms in total. The van der Waals surface area contributed by atoms with E-state index in [9.17, 15) is 13.2 Å². The number of alkyl halides is 3. The maximum atomic E-state index is 12.6. The van der Waals surface area contributed by atoms with Crippen molar-refractivity contribution < 1.29 is 17.9 Å². The van der Waals surface area contributed by atoms with Gasteiger partial charge in [-0.05, 0) is 23.3 Å². The lowest BCUT2D eigenvalue weighted by atomic mass is 10.1. The molecule has 6 heteroatoms. The van der Waals surface area contributed by atoms with Crippen molar-refractivity contribution in [1.82, 2.24) is 10.3 Å². The third-order valence-electron chi connectivity index (χ3n) is 2.92. The van der Waals surface area contributed by atoms with E-state index < -0.39 is 11.7 Å². The van der Waals surface area contributed by atoms with Gasteiger partial charge < -0.3 is 10.1 Å². The molecule has 0 atom stereocenters. The van der Waals surface area contributed by atoms with E-state index in [1.54, 1.807) is 18.3 Å². The Morgan fingerprint density at radius 1 is 1.10 bits per heavy atom. The van der Waals surface area contributed by atoms with Crippen molar-refractivity contribution in [3.05, 3.63) is 59.3 Å². The largest absolute Gasteiger partial charge is 0.481 e. The normalized spacial score (nSPS) is 11.4. The van der Waals surface area contributed by atoms with E-state index in [0.717, 1.165) is 17.7 Å². The van der Waals surface area contributed by atoms with E-state index in [0.29, 0.717) is 24.5 Å². The lowest BCUT2D eigenvalue weighted by Gasteiger charge is -2.10. The molecule has 2 rings (SSSR count). The zero-order chi connectivity index (χ0) is 15.3. The monoisotopic (exact) mass is 296 g/mol. The number of methoxy groups -OCH3 is 1. The minimum atomic E-state index is -4.31. The van der Waals surface area contributed by atoms with Crippen LogP contribution < -0.4 is 10.1 Å². The van der Waals surface area contributed by atoms with Crippen LogP contribution in [0.25, 0.3) is 0 Å². The highest BCUT2D eigenvalue weighted by atomic mass is 19.4. The highest BCUT2D eigenvalue weighted by Crippen LogP contribution is 2.29. The molecule has 0 spiro atoms. The number of hydrogen-bond donors (Lipinski definition) is 1. The first-order chi connectivity index (χ1) is 9.99. The van der Waals surface area contributed by atoms with Crippen LogP contribution in [0.15, 0.2) is 42.6 Å². The first-order valence-corrected chi connectivity index (χ1v) is 6.35. The maximum Gasteiger partial charge on any atom is 0.416 e. The topological polar surface area (TPSA) is 34.1 Å². The van der Waals surface area contributed by atoms with Crippen molar-refractivity contribution in [2.75, 3.05) is 7.11 Å². The molecular formula is C15H15F3N2O. The Balaban J connectivity index is 1.94. The minimum absolute atomic E-state index is 0.356. The van der Waals surface area contributed by atoms with E-state index >= 15 is 0 Å².